The molecule has 8 heteroatoms. The Morgan fingerprint density at radius 2 is 1.59 bits per heavy atom. The quantitative estimate of drug-likeness (QED) is 0.520. The van der Waals surface area contributed by atoms with E-state index in [9.17, 15) is 14.4 Å². The number of hydrogen-bond acceptors (Lipinski definition) is 5. The number of methoxy groups -OCH3 is 1. The SMILES string of the molecule is COCC(=O)Nc1cccc(NCC(=O)Nc2cccc(C(=O)NC3CC3)c2)c1. The van der Waals surface area contributed by atoms with Crippen molar-refractivity contribution in [2.75, 3.05) is 36.2 Å². The molecule has 2 aromatic carbocycles. The monoisotopic (exact) mass is 396 g/mol. The minimum absolute atomic E-state index is 0.0300. The molecule has 1 aliphatic rings. The average molecular weight is 396 g/mol. The summed E-state index contributed by atoms with van der Waals surface area (Å²) < 4.78 is 4.78. The smallest absolute Gasteiger partial charge is 0.251 e. The fourth-order valence-corrected chi connectivity index (χ4v) is 2.66. The zero-order valence-electron chi connectivity index (χ0n) is 16.2. The summed E-state index contributed by atoms with van der Waals surface area (Å²) in [6.07, 6.45) is 2.04. The molecule has 1 fully saturated rings. The highest BCUT2D eigenvalue weighted by molar-refractivity contribution is 5.98. The predicted molar refractivity (Wildman–Crippen MR) is 111 cm³/mol. The first kappa shape index (κ1) is 20.3. The standard InChI is InChI=1S/C21H24N4O4/c1-29-13-20(27)24-18-7-3-5-16(11-18)22-12-19(26)23-17-6-2-4-14(10-17)21(28)25-15-8-9-15/h2-7,10-11,15,22H,8-9,12-13H2,1H3,(H,23,26)(H,24,27)(H,25,28). The molecule has 1 aliphatic carbocycles. The van der Waals surface area contributed by atoms with E-state index in [1.165, 1.54) is 7.11 Å². The molecule has 0 aliphatic heterocycles. The molecule has 0 radical (unpaired) electrons. The van der Waals surface area contributed by atoms with Gasteiger partial charge in [0.15, 0.2) is 0 Å². The zero-order chi connectivity index (χ0) is 20.6. The number of carbonyl (C=O) groups excluding carboxylic acids is 3. The summed E-state index contributed by atoms with van der Waals surface area (Å²) in [7, 11) is 1.45. The van der Waals surface area contributed by atoms with Crippen LogP contribution in [-0.4, -0.2) is 44.0 Å². The number of hydrogen-bond donors (Lipinski definition) is 4. The highest BCUT2D eigenvalue weighted by Crippen LogP contribution is 2.20. The minimum Gasteiger partial charge on any atom is -0.376 e. The van der Waals surface area contributed by atoms with E-state index >= 15 is 0 Å². The van der Waals surface area contributed by atoms with Crippen LogP contribution in [0.2, 0.25) is 0 Å². The molecule has 29 heavy (non-hydrogen) atoms. The highest BCUT2D eigenvalue weighted by atomic mass is 16.5. The molecular weight excluding hydrogens is 372 g/mol. The van der Waals surface area contributed by atoms with E-state index in [1.807, 2.05) is 0 Å². The van der Waals surface area contributed by atoms with Gasteiger partial charge in [0, 0.05) is 35.8 Å². The van der Waals surface area contributed by atoms with E-state index in [0.29, 0.717) is 22.6 Å². The van der Waals surface area contributed by atoms with Crippen molar-refractivity contribution in [1.29, 1.82) is 0 Å². The molecule has 0 heterocycles. The summed E-state index contributed by atoms with van der Waals surface area (Å²) in [5, 5.41) is 11.4. The van der Waals surface area contributed by atoms with E-state index in [1.54, 1.807) is 48.5 Å². The molecule has 4 N–H and O–H groups in total. The number of ether oxygens (including phenoxy) is 1. The number of nitrogens with one attached hydrogen (secondary N) is 4. The van der Waals surface area contributed by atoms with Gasteiger partial charge in [-0.25, -0.2) is 0 Å². The van der Waals surface area contributed by atoms with Crippen molar-refractivity contribution < 1.29 is 19.1 Å². The first-order valence-corrected chi connectivity index (χ1v) is 9.37. The van der Waals surface area contributed by atoms with Gasteiger partial charge in [-0.1, -0.05) is 12.1 Å². The molecule has 0 aromatic heterocycles. The van der Waals surface area contributed by atoms with Crippen LogP contribution in [0, 0.1) is 0 Å². The van der Waals surface area contributed by atoms with Crippen LogP contribution >= 0.6 is 0 Å². The molecule has 1 saturated carbocycles. The molecule has 3 rings (SSSR count). The van der Waals surface area contributed by atoms with Crippen molar-refractivity contribution in [1.82, 2.24) is 5.32 Å². The van der Waals surface area contributed by atoms with Crippen LogP contribution in [0.25, 0.3) is 0 Å². The maximum Gasteiger partial charge on any atom is 0.251 e. The third kappa shape index (κ3) is 6.62. The van der Waals surface area contributed by atoms with Crippen LogP contribution in [0.4, 0.5) is 17.1 Å². The van der Waals surface area contributed by atoms with Crippen LogP contribution in [-0.2, 0) is 14.3 Å². The summed E-state index contributed by atoms with van der Waals surface area (Å²) in [6, 6.07) is 14.2. The van der Waals surface area contributed by atoms with Gasteiger partial charge < -0.3 is 26.0 Å². The van der Waals surface area contributed by atoms with Crippen LogP contribution in [0.3, 0.4) is 0 Å². The lowest BCUT2D eigenvalue weighted by molar-refractivity contribution is -0.119. The van der Waals surface area contributed by atoms with Crippen LogP contribution in [0.15, 0.2) is 48.5 Å². The van der Waals surface area contributed by atoms with Gasteiger partial charge in [-0.2, -0.15) is 0 Å². The van der Waals surface area contributed by atoms with Gasteiger partial charge in [-0.3, -0.25) is 14.4 Å². The number of carbonyl (C=O) groups is 3. The largest absolute Gasteiger partial charge is 0.376 e. The lowest BCUT2D eigenvalue weighted by atomic mass is 10.2. The van der Waals surface area contributed by atoms with Crippen molar-refractivity contribution in [2.45, 2.75) is 18.9 Å². The van der Waals surface area contributed by atoms with E-state index in [2.05, 4.69) is 21.3 Å². The Morgan fingerprint density at radius 3 is 2.31 bits per heavy atom. The molecule has 152 valence electrons. The van der Waals surface area contributed by atoms with E-state index < -0.39 is 0 Å². The summed E-state index contributed by atoms with van der Waals surface area (Å²) in [5.74, 6) is -0.638. The highest BCUT2D eigenvalue weighted by Gasteiger charge is 2.23. The molecule has 8 nitrogen and oxygen atoms in total. The second-order valence-corrected chi connectivity index (χ2v) is 6.79. The van der Waals surface area contributed by atoms with E-state index in [4.69, 9.17) is 4.74 Å². The molecule has 0 spiro atoms. The second-order valence-electron chi connectivity index (χ2n) is 6.79. The normalized spacial score (nSPS) is 12.7. The topological polar surface area (TPSA) is 109 Å². The van der Waals surface area contributed by atoms with Crippen molar-refractivity contribution in [3.05, 3.63) is 54.1 Å². The fraction of sp³-hybridized carbons (Fsp3) is 0.286. The first-order valence-electron chi connectivity index (χ1n) is 9.37. The lowest BCUT2D eigenvalue weighted by Crippen LogP contribution is -2.26. The van der Waals surface area contributed by atoms with Gasteiger partial charge in [0.05, 0.1) is 6.54 Å². The van der Waals surface area contributed by atoms with Crippen molar-refractivity contribution in [3.8, 4) is 0 Å². The summed E-state index contributed by atoms with van der Waals surface area (Å²) >= 11 is 0. The van der Waals surface area contributed by atoms with E-state index in [-0.39, 0.29) is 36.9 Å². The van der Waals surface area contributed by atoms with Gasteiger partial charge in [-0.05, 0) is 49.2 Å². The molecule has 2 aromatic rings. The minimum atomic E-state index is -0.256. The third-order valence-electron chi connectivity index (χ3n) is 4.20. The number of anilines is 3. The molecular formula is C21H24N4O4. The Kier molecular flexibility index (Phi) is 6.80. The van der Waals surface area contributed by atoms with Crippen molar-refractivity contribution in [3.63, 3.8) is 0 Å². The van der Waals surface area contributed by atoms with Crippen LogP contribution in [0.5, 0.6) is 0 Å². The summed E-state index contributed by atoms with van der Waals surface area (Å²) in [6.45, 7) is 0.00573. The van der Waals surface area contributed by atoms with Gasteiger partial charge in [-0.15, -0.1) is 0 Å². The van der Waals surface area contributed by atoms with Crippen molar-refractivity contribution >= 4 is 34.8 Å². The molecule has 3 amide bonds. The number of benzene rings is 2. The van der Waals surface area contributed by atoms with Gasteiger partial charge in [0.2, 0.25) is 11.8 Å². The average Bonchev–Trinajstić information content (AvgIpc) is 3.51. The van der Waals surface area contributed by atoms with Gasteiger partial charge in [0.1, 0.15) is 6.61 Å². The van der Waals surface area contributed by atoms with Gasteiger partial charge in [0.25, 0.3) is 5.91 Å². The summed E-state index contributed by atoms with van der Waals surface area (Å²) in [5.41, 5.74) is 2.36. The number of amides is 3. The Labute approximate surface area is 169 Å². The maximum absolute atomic E-state index is 12.2. The molecule has 0 atom stereocenters. The Bertz CT molecular complexity index is 896. The lowest BCUT2D eigenvalue weighted by Gasteiger charge is -2.11. The second kappa shape index (κ2) is 9.70. The molecule has 0 saturated heterocycles. The third-order valence-corrected chi connectivity index (χ3v) is 4.20. The van der Waals surface area contributed by atoms with Crippen LogP contribution in [0.1, 0.15) is 23.2 Å². The Morgan fingerprint density at radius 1 is 0.931 bits per heavy atom. The Balaban J connectivity index is 1.51. The van der Waals surface area contributed by atoms with Gasteiger partial charge >= 0.3 is 0 Å². The maximum atomic E-state index is 12.2. The summed E-state index contributed by atoms with van der Waals surface area (Å²) in [4.78, 5) is 35.9. The molecule has 0 unspecified atom stereocenters. The molecule has 0 bridgehead atoms. The fourth-order valence-electron chi connectivity index (χ4n) is 2.66. The van der Waals surface area contributed by atoms with Crippen molar-refractivity contribution in [2.24, 2.45) is 0 Å². The number of rotatable bonds is 9. The van der Waals surface area contributed by atoms with Crippen LogP contribution < -0.4 is 21.3 Å². The predicted octanol–water partition coefficient (Wildman–Crippen LogP) is 2.21. The Hall–Kier alpha value is -3.39. The van der Waals surface area contributed by atoms with E-state index in [0.717, 1.165) is 12.8 Å². The first-order chi connectivity index (χ1) is 14.0. The zero-order valence-corrected chi connectivity index (χ0v) is 16.2.